The molecule has 4 heterocycles. The molecule has 164 valence electrons. The third kappa shape index (κ3) is 3.50. The number of benzene rings is 1. The zero-order valence-electron chi connectivity index (χ0n) is 17.3. The number of fused-ring (bicyclic) bond motifs is 3. The van der Waals surface area contributed by atoms with Gasteiger partial charge < -0.3 is 4.98 Å². The molecule has 0 saturated heterocycles. The molecule has 1 aromatic carbocycles. The van der Waals surface area contributed by atoms with Crippen molar-refractivity contribution in [2.75, 3.05) is 4.72 Å². The molecule has 7 nitrogen and oxygen atoms in total. The van der Waals surface area contributed by atoms with E-state index in [1.165, 1.54) is 6.20 Å². The first-order valence-corrected chi connectivity index (χ1v) is 12.0. The summed E-state index contributed by atoms with van der Waals surface area (Å²) in [4.78, 5) is 16.1. The molecule has 0 bridgehead atoms. The van der Waals surface area contributed by atoms with E-state index in [2.05, 4.69) is 24.7 Å². The number of hydrogen-bond acceptors (Lipinski definition) is 5. The predicted molar refractivity (Wildman–Crippen MR) is 126 cm³/mol. The van der Waals surface area contributed by atoms with Crippen LogP contribution in [0, 0.1) is 5.82 Å². The third-order valence-corrected chi connectivity index (χ3v) is 7.68. The molecule has 0 amide bonds. The van der Waals surface area contributed by atoms with Crippen LogP contribution in [0.3, 0.4) is 0 Å². The van der Waals surface area contributed by atoms with Crippen LogP contribution in [0.25, 0.3) is 44.3 Å². The summed E-state index contributed by atoms with van der Waals surface area (Å²) in [6.07, 6.45) is 7.68. The first-order chi connectivity index (χ1) is 16.0. The van der Waals surface area contributed by atoms with Crippen molar-refractivity contribution in [1.29, 1.82) is 0 Å². The van der Waals surface area contributed by atoms with E-state index < -0.39 is 15.8 Å². The zero-order valence-corrected chi connectivity index (χ0v) is 18.1. The van der Waals surface area contributed by atoms with Crippen molar-refractivity contribution in [2.45, 2.75) is 18.1 Å². The summed E-state index contributed by atoms with van der Waals surface area (Å²) in [6, 6.07) is 12.4. The number of pyridine rings is 3. The van der Waals surface area contributed by atoms with Gasteiger partial charge in [0.05, 0.1) is 28.9 Å². The van der Waals surface area contributed by atoms with Gasteiger partial charge in [0.15, 0.2) is 0 Å². The van der Waals surface area contributed by atoms with Gasteiger partial charge in [0.1, 0.15) is 11.5 Å². The highest BCUT2D eigenvalue weighted by atomic mass is 32.2. The Morgan fingerprint density at radius 2 is 1.82 bits per heavy atom. The highest BCUT2D eigenvalue weighted by Crippen LogP contribution is 2.37. The largest absolute Gasteiger partial charge is 0.338 e. The van der Waals surface area contributed by atoms with Crippen molar-refractivity contribution in [2.24, 2.45) is 0 Å². The topological polar surface area (TPSA) is 101 Å². The van der Waals surface area contributed by atoms with Gasteiger partial charge in [-0.3, -0.25) is 14.7 Å². The van der Waals surface area contributed by atoms with E-state index in [4.69, 9.17) is 0 Å². The SMILES string of the molecule is O=S(=O)(Nc1ccc(-c2c(F)cnc3[nH]c4cnc(-c5cccnc5)cc4c23)cc1)C1CC1. The van der Waals surface area contributed by atoms with Crippen molar-refractivity contribution in [3.63, 3.8) is 0 Å². The fraction of sp³-hybridized carbons (Fsp3) is 0.125. The first kappa shape index (κ1) is 19.8. The molecule has 1 aliphatic carbocycles. The number of H-pyrrole nitrogens is 1. The van der Waals surface area contributed by atoms with Gasteiger partial charge in [0.2, 0.25) is 10.0 Å². The van der Waals surface area contributed by atoms with Gasteiger partial charge in [-0.2, -0.15) is 0 Å². The van der Waals surface area contributed by atoms with Gasteiger partial charge in [0.25, 0.3) is 0 Å². The highest BCUT2D eigenvalue weighted by Gasteiger charge is 2.35. The summed E-state index contributed by atoms with van der Waals surface area (Å²) < 4.78 is 42.1. The Morgan fingerprint density at radius 1 is 1.00 bits per heavy atom. The first-order valence-electron chi connectivity index (χ1n) is 10.5. The lowest BCUT2D eigenvalue weighted by atomic mass is 10.0. The molecule has 1 aliphatic rings. The number of nitrogens with one attached hydrogen (secondary N) is 2. The van der Waals surface area contributed by atoms with E-state index in [1.54, 1.807) is 42.9 Å². The normalized spacial score (nSPS) is 14.1. The molecule has 1 fully saturated rings. The smallest absolute Gasteiger partial charge is 0.235 e. The van der Waals surface area contributed by atoms with Crippen molar-refractivity contribution in [3.05, 3.63) is 73.1 Å². The maximum atomic E-state index is 15.1. The average molecular weight is 460 g/mol. The molecule has 4 aromatic heterocycles. The van der Waals surface area contributed by atoms with E-state index in [9.17, 15) is 8.42 Å². The summed E-state index contributed by atoms with van der Waals surface area (Å²) in [6.45, 7) is 0. The lowest BCUT2D eigenvalue weighted by molar-refractivity contribution is 0.600. The van der Waals surface area contributed by atoms with E-state index in [1.807, 2.05) is 18.2 Å². The Morgan fingerprint density at radius 3 is 2.55 bits per heavy atom. The number of rotatable bonds is 5. The summed E-state index contributed by atoms with van der Waals surface area (Å²) in [5, 5.41) is 1.12. The minimum atomic E-state index is -3.36. The number of aromatic amines is 1. The molecule has 33 heavy (non-hydrogen) atoms. The van der Waals surface area contributed by atoms with E-state index >= 15 is 4.39 Å². The second-order valence-electron chi connectivity index (χ2n) is 8.11. The monoisotopic (exact) mass is 459 g/mol. The standard InChI is InChI=1S/C24H18FN5O2S/c25-19-12-28-24-23(18-10-20(27-13-21(18)29-24)15-2-1-9-26-11-15)22(19)14-3-5-16(6-4-14)30-33(31,32)17-7-8-17/h1-6,9-13,17,30H,7-8H2,(H,28,29). The fourth-order valence-corrected chi connectivity index (χ4v) is 5.41. The van der Waals surface area contributed by atoms with Gasteiger partial charge >= 0.3 is 0 Å². The molecule has 2 N–H and O–H groups in total. The van der Waals surface area contributed by atoms with Gasteiger partial charge in [-0.1, -0.05) is 12.1 Å². The molecule has 6 rings (SSSR count). The van der Waals surface area contributed by atoms with Gasteiger partial charge in [-0.05, 0) is 48.7 Å². The van der Waals surface area contributed by atoms with Crippen molar-refractivity contribution in [1.82, 2.24) is 19.9 Å². The second kappa shape index (κ2) is 7.35. The molecule has 0 spiro atoms. The molecule has 0 atom stereocenters. The van der Waals surface area contributed by atoms with E-state index in [-0.39, 0.29) is 5.25 Å². The van der Waals surface area contributed by atoms with Gasteiger partial charge in [0, 0.05) is 40.0 Å². The van der Waals surface area contributed by atoms with Crippen LogP contribution in [-0.4, -0.2) is 33.6 Å². The Hall–Kier alpha value is -3.85. The average Bonchev–Trinajstić information content (AvgIpc) is 3.63. The van der Waals surface area contributed by atoms with E-state index in [0.717, 1.165) is 22.2 Å². The predicted octanol–water partition coefficient (Wildman–Crippen LogP) is 4.88. The maximum Gasteiger partial charge on any atom is 0.235 e. The molecule has 0 radical (unpaired) electrons. The Balaban J connectivity index is 1.48. The molecule has 0 aliphatic heterocycles. The summed E-state index contributed by atoms with van der Waals surface area (Å²) in [5.74, 6) is -0.463. The number of anilines is 1. The number of halogens is 1. The van der Waals surface area contributed by atoms with Crippen molar-refractivity contribution >= 4 is 37.6 Å². The van der Waals surface area contributed by atoms with Crippen LogP contribution in [-0.2, 0) is 10.0 Å². The molecular weight excluding hydrogens is 441 g/mol. The van der Waals surface area contributed by atoms with Crippen LogP contribution in [0.15, 0.2) is 67.3 Å². The Labute approximate surface area is 188 Å². The minimum Gasteiger partial charge on any atom is -0.338 e. The molecule has 5 aromatic rings. The van der Waals surface area contributed by atoms with Gasteiger partial charge in [-0.25, -0.2) is 17.8 Å². The van der Waals surface area contributed by atoms with Crippen LogP contribution < -0.4 is 4.72 Å². The molecule has 0 unspecified atom stereocenters. The second-order valence-corrected chi connectivity index (χ2v) is 10.1. The number of hydrogen-bond donors (Lipinski definition) is 2. The summed E-state index contributed by atoms with van der Waals surface area (Å²) >= 11 is 0. The fourth-order valence-electron chi connectivity index (χ4n) is 4.02. The molecule has 1 saturated carbocycles. The van der Waals surface area contributed by atoms with Crippen LogP contribution in [0.5, 0.6) is 0 Å². The van der Waals surface area contributed by atoms with Gasteiger partial charge in [-0.15, -0.1) is 0 Å². The quantitative estimate of drug-likeness (QED) is 0.390. The lowest BCUT2D eigenvalue weighted by Gasteiger charge is -2.10. The van der Waals surface area contributed by atoms with Crippen LogP contribution >= 0.6 is 0 Å². The summed E-state index contributed by atoms with van der Waals surface area (Å²) in [7, 11) is -3.36. The lowest BCUT2D eigenvalue weighted by Crippen LogP contribution is -2.17. The number of nitrogens with zero attached hydrogens (tertiary/aromatic N) is 3. The number of aromatic nitrogens is 4. The van der Waals surface area contributed by atoms with Crippen molar-refractivity contribution in [3.8, 4) is 22.4 Å². The number of sulfonamides is 1. The molecule has 9 heteroatoms. The maximum absolute atomic E-state index is 15.1. The summed E-state index contributed by atoms with van der Waals surface area (Å²) in [5.41, 5.74) is 4.33. The van der Waals surface area contributed by atoms with Crippen LogP contribution in [0.4, 0.5) is 10.1 Å². The highest BCUT2D eigenvalue weighted by molar-refractivity contribution is 7.93. The Bertz CT molecular complexity index is 1610. The van der Waals surface area contributed by atoms with Crippen LogP contribution in [0.1, 0.15) is 12.8 Å². The van der Waals surface area contributed by atoms with Crippen molar-refractivity contribution < 1.29 is 12.8 Å². The minimum absolute atomic E-state index is 0.316. The molecular formula is C24H18FN5O2S. The van der Waals surface area contributed by atoms with Crippen LogP contribution in [0.2, 0.25) is 0 Å². The third-order valence-electron chi connectivity index (χ3n) is 5.81. The Kier molecular flexibility index (Phi) is 4.41. The zero-order chi connectivity index (χ0) is 22.6. The van der Waals surface area contributed by atoms with E-state index in [0.29, 0.717) is 40.7 Å².